The zero-order chi connectivity index (χ0) is 12.5. The van der Waals surface area contributed by atoms with Gasteiger partial charge in [-0.25, -0.2) is 13.8 Å². The summed E-state index contributed by atoms with van der Waals surface area (Å²) in [5.74, 6) is 0. The molecule has 0 aromatic carbocycles. The molecule has 0 saturated carbocycles. The predicted octanol–water partition coefficient (Wildman–Crippen LogP) is 3.18. The highest BCUT2D eigenvalue weighted by atomic mass is 35.5. The van der Waals surface area contributed by atoms with Gasteiger partial charge in [0.25, 0.3) is 6.43 Å². The molecule has 90 valence electrons. The van der Waals surface area contributed by atoms with Gasteiger partial charge in [0.2, 0.25) is 0 Å². The van der Waals surface area contributed by atoms with Crippen molar-refractivity contribution in [2.45, 2.75) is 19.2 Å². The number of alkyl halides is 5. The van der Waals surface area contributed by atoms with Crippen molar-refractivity contribution in [2.75, 3.05) is 0 Å². The van der Waals surface area contributed by atoms with Gasteiger partial charge in [-0.15, -0.1) is 0 Å². The summed E-state index contributed by atoms with van der Waals surface area (Å²) in [6.45, 7) is -1.18. The average Bonchev–Trinajstić information content (AvgIpc) is 2.14. The van der Waals surface area contributed by atoms with Crippen LogP contribution in [0.15, 0.2) is 6.20 Å². The molecule has 1 heterocycles. The number of rotatable bonds is 2. The minimum absolute atomic E-state index is 0.522. The number of nitrogens with zero attached hydrogens (tertiary/aromatic N) is 1. The molecule has 0 spiro atoms. The Kier molecular flexibility index (Phi) is 3.69. The summed E-state index contributed by atoms with van der Waals surface area (Å²) < 4.78 is 62.1. The van der Waals surface area contributed by atoms with Crippen LogP contribution < -0.4 is 0 Å². The smallest absolute Gasteiger partial charge is 0.392 e. The zero-order valence-electron chi connectivity index (χ0n) is 7.52. The lowest BCUT2D eigenvalue weighted by molar-refractivity contribution is -0.139. The molecule has 1 rings (SSSR count). The average molecular weight is 262 g/mol. The highest BCUT2D eigenvalue weighted by Gasteiger charge is 2.38. The van der Waals surface area contributed by atoms with E-state index in [1.165, 1.54) is 0 Å². The van der Waals surface area contributed by atoms with Crippen molar-refractivity contribution in [1.82, 2.24) is 4.98 Å². The number of aromatic nitrogens is 1. The first-order valence-electron chi connectivity index (χ1n) is 3.92. The highest BCUT2D eigenvalue weighted by Crippen LogP contribution is 2.39. The number of aliphatic hydroxyl groups is 1. The Balaban J connectivity index is 3.51. The molecule has 0 aliphatic carbocycles. The Morgan fingerprint density at radius 1 is 1.38 bits per heavy atom. The normalized spacial score (nSPS) is 12.2. The standard InChI is InChI=1S/C8H5ClF5NO/c9-6-5(8(12,13)14)4(2-16)3(1-15-6)7(10)11/h1,7,16H,2H2. The van der Waals surface area contributed by atoms with E-state index in [9.17, 15) is 22.0 Å². The number of aliphatic hydroxyl groups excluding tert-OH is 1. The van der Waals surface area contributed by atoms with E-state index in [2.05, 4.69) is 4.98 Å². The minimum atomic E-state index is -4.94. The van der Waals surface area contributed by atoms with Crippen molar-refractivity contribution in [3.05, 3.63) is 28.0 Å². The molecule has 1 aromatic heterocycles. The monoisotopic (exact) mass is 261 g/mol. The summed E-state index contributed by atoms with van der Waals surface area (Å²) in [5, 5.41) is 7.76. The first-order chi connectivity index (χ1) is 7.29. The predicted molar refractivity (Wildman–Crippen MR) is 45.1 cm³/mol. The second-order valence-corrected chi connectivity index (χ2v) is 3.17. The molecule has 0 unspecified atom stereocenters. The Morgan fingerprint density at radius 2 is 1.94 bits per heavy atom. The van der Waals surface area contributed by atoms with E-state index in [1.807, 2.05) is 0 Å². The fourth-order valence-corrected chi connectivity index (χ4v) is 1.45. The largest absolute Gasteiger partial charge is 0.419 e. The molecular formula is C8H5ClF5NO. The van der Waals surface area contributed by atoms with Crippen molar-refractivity contribution in [3.63, 3.8) is 0 Å². The van der Waals surface area contributed by atoms with Crippen LogP contribution in [0.25, 0.3) is 0 Å². The summed E-state index contributed by atoms with van der Waals surface area (Å²) in [5.41, 5.74) is -3.43. The fraction of sp³-hybridized carbons (Fsp3) is 0.375. The summed E-state index contributed by atoms with van der Waals surface area (Å²) in [6.07, 6.45) is -7.58. The third-order valence-electron chi connectivity index (χ3n) is 1.85. The molecule has 0 saturated heterocycles. The van der Waals surface area contributed by atoms with Crippen molar-refractivity contribution >= 4 is 11.6 Å². The van der Waals surface area contributed by atoms with Crippen LogP contribution >= 0.6 is 11.6 Å². The van der Waals surface area contributed by atoms with Crippen LogP contribution in [-0.4, -0.2) is 10.1 Å². The minimum Gasteiger partial charge on any atom is -0.392 e. The molecule has 0 aliphatic rings. The van der Waals surface area contributed by atoms with Crippen molar-refractivity contribution in [2.24, 2.45) is 0 Å². The van der Waals surface area contributed by atoms with Gasteiger partial charge >= 0.3 is 6.18 Å². The summed E-state index contributed by atoms with van der Waals surface area (Å²) >= 11 is 5.18. The molecule has 0 amide bonds. The first-order valence-corrected chi connectivity index (χ1v) is 4.30. The number of hydrogen-bond donors (Lipinski definition) is 1. The quantitative estimate of drug-likeness (QED) is 0.655. The van der Waals surface area contributed by atoms with Crippen LogP contribution in [-0.2, 0) is 12.8 Å². The van der Waals surface area contributed by atoms with Crippen LogP contribution in [0.1, 0.15) is 23.1 Å². The van der Waals surface area contributed by atoms with E-state index in [0.717, 1.165) is 0 Å². The Bertz CT molecular complexity index is 393. The van der Waals surface area contributed by atoms with Gasteiger partial charge in [0.1, 0.15) is 5.15 Å². The lowest BCUT2D eigenvalue weighted by atomic mass is 10.1. The molecule has 0 aliphatic heterocycles. The van der Waals surface area contributed by atoms with Gasteiger partial charge in [-0.1, -0.05) is 11.6 Å². The van der Waals surface area contributed by atoms with Gasteiger partial charge in [0.15, 0.2) is 0 Å². The lowest BCUT2D eigenvalue weighted by Crippen LogP contribution is -2.14. The van der Waals surface area contributed by atoms with Crippen molar-refractivity contribution in [3.8, 4) is 0 Å². The molecular weight excluding hydrogens is 257 g/mol. The van der Waals surface area contributed by atoms with Gasteiger partial charge in [-0.3, -0.25) is 0 Å². The first kappa shape index (κ1) is 13.1. The van der Waals surface area contributed by atoms with E-state index in [0.29, 0.717) is 6.20 Å². The molecule has 0 fully saturated rings. The van der Waals surface area contributed by atoms with E-state index in [1.54, 1.807) is 0 Å². The van der Waals surface area contributed by atoms with Gasteiger partial charge in [-0.05, 0) is 0 Å². The molecule has 16 heavy (non-hydrogen) atoms. The Hall–Kier alpha value is -0.950. The Morgan fingerprint density at radius 3 is 2.31 bits per heavy atom. The number of pyridine rings is 1. The molecule has 8 heteroatoms. The lowest BCUT2D eigenvalue weighted by Gasteiger charge is -2.15. The zero-order valence-corrected chi connectivity index (χ0v) is 8.28. The molecule has 0 bridgehead atoms. The van der Waals surface area contributed by atoms with Crippen LogP contribution in [0.2, 0.25) is 5.15 Å². The highest BCUT2D eigenvalue weighted by molar-refractivity contribution is 6.30. The Labute approximate surface area is 91.7 Å². The SMILES string of the molecule is OCc1c(C(F)F)cnc(Cl)c1C(F)(F)F. The van der Waals surface area contributed by atoms with Gasteiger partial charge in [0.05, 0.1) is 12.2 Å². The van der Waals surface area contributed by atoms with Crippen LogP contribution in [0.4, 0.5) is 22.0 Å². The van der Waals surface area contributed by atoms with Gasteiger partial charge in [0, 0.05) is 17.3 Å². The third-order valence-corrected chi connectivity index (χ3v) is 2.14. The fourth-order valence-electron chi connectivity index (χ4n) is 1.18. The number of hydrogen-bond acceptors (Lipinski definition) is 2. The van der Waals surface area contributed by atoms with Crippen molar-refractivity contribution in [1.29, 1.82) is 0 Å². The summed E-state index contributed by atoms with van der Waals surface area (Å²) in [7, 11) is 0. The van der Waals surface area contributed by atoms with E-state index in [4.69, 9.17) is 16.7 Å². The maximum absolute atomic E-state index is 12.5. The van der Waals surface area contributed by atoms with E-state index < -0.39 is 41.1 Å². The van der Waals surface area contributed by atoms with E-state index in [-0.39, 0.29) is 0 Å². The third kappa shape index (κ3) is 2.41. The molecule has 2 nitrogen and oxygen atoms in total. The second kappa shape index (κ2) is 4.50. The molecule has 0 atom stereocenters. The molecule has 1 aromatic rings. The maximum atomic E-state index is 12.5. The van der Waals surface area contributed by atoms with Crippen LogP contribution in [0.3, 0.4) is 0 Å². The molecule has 0 radical (unpaired) electrons. The summed E-state index contributed by atoms with van der Waals surface area (Å²) in [4.78, 5) is 3.03. The number of halogens is 6. The van der Waals surface area contributed by atoms with Gasteiger partial charge in [-0.2, -0.15) is 13.2 Å². The van der Waals surface area contributed by atoms with Crippen LogP contribution in [0.5, 0.6) is 0 Å². The second-order valence-electron chi connectivity index (χ2n) is 2.81. The van der Waals surface area contributed by atoms with Crippen LogP contribution in [0, 0.1) is 0 Å². The molecule has 1 N–H and O–H groups in total. The van der Waals surface area contributed by atoms with Crippen molar-refractivity contribution < 1.29 is 27.1 Å². The summed E-state index contributed by atoms with van der Waals surface area (Å²) in [6, 6.07) is 0. The maximum Gasteiger partial charge on any atom is 0.419 e. The van der Waals surface area contributed by atoms with E-state index >= 15 is 0 Å². The topological polar surface area (TPSA) is 33.1 Å². The van der Waals surface area contributed by atoms with Gasteiger partial charge < -0.3 is 5.11 Å².